The molecule has 2 aliphatic heterocycles. The Bertz CT molecular complexity index is 842. The van der Waals surface area contributed by atoms with Gasteiger partial charge in [0.15, 0.2) is 11.5 Å². The minimum absolute atomic E-state index is 0.215. The van der Waals surface area contributed by atoms with E-state index in [0.29, 0.717) is 19.1 Å². The van der Waals surface area contributed by atoms with Gasteiger partial charge < -0.3 is 14.6 Å². The molecule has 1 N–H and O–H groups in total. The van der Waals surface area contributed by atoms with E-state index in [0.717, 1.165) is 49.4 Å². The Morgan fingerprint density at radius 1 is 1.00 bits per heavy atom. The zero-order valence-electron chi connectivity index (χ0n) is 15.9. The molecule has 0 radical (unpaired) electrons. The second-order valence-corrected chi connectivity index (χ2v) is 8.10. The molecule has 0 bridgehead atoms. The molecule has 2 aromatic rings. The number of aliphatic hydroxyl groups excluding tert-OH is 1. The van der Waals surface area contributed by atoms with Gasteiger partial charge in [-0.2, -0.15) is 0 Å². The molecule has 1 aliphatic carbocycles. The molecule has 0 aromatic heterocycles. The lowest BCUT2D eigenvalue weighted by Crippen LogP contribution is -2.43. The minimum Gasteiger partial charge on any atom is -0.486 e. The van der Waals surface area contributed by atoms with Crippen molar-refractivity contribution in [2.45, 2.75) is 44.2 Å². The van der Waals surface area contributed by atoms with E-state index in [4.69, 9.17) is 9.47 Å². The molecule has 2 atom stereocenters. The fraction of sp³-hybridized carbons (Fsp3) is 0.478. The lowest BCUT2D eigenvalue weighted by molar-refractivity contribution is 0.0454. The van der Waals surface area contributed by atoms with E-state index in [-0.39, 0.29) is 12.1 Å². The summed E-state index contributed by atoms with van der Waals surface area (Å²) in [5, 5.41) is 10.8. The summed E-state index contributed by atoms with van der Waals surface area (Å²) in [5.41, 5.74) is 5.00. The van der Waals surface area contributed by atoms with Gasteiger partial charge in [0.1, 0.15) is 13.2 Å². The quantitative estimate of drug-likeness (QED) is 0.883. The Balaban J connectivity index is 1.29. The Morgan fingerprint density at radius 3 is 2.67 bits per heavy atom. The van der Waals surface area contributed by atoms with Crippen LogP contribution in [-0.4, -0.2) is 42.4 Å². The SMILES string of the molecule is Cc1ccc2c(c1)C[C@@H](N1CCC(c3cccc4c3OCCO4)CC1)[C@@H]2O. The smallest absolute Gasteiger partial charge is 0.164 e. The predicted octanol–water partition coefficient (Wildman–Crippen LogP) is 3.60. The van der Waals surface area contributed by atoms with Crippen LogP contribution in [0.25, 0.3) is 0 Å². The number of aryl methyl sites for hydroxylation is 1. The number of ether oxygens (including phenoxy) is 2. The van der Waals surface area contributed by atoms with Crippen molar-refractivity contribution in [3.8, 4) is 11.5 Å². The van der Waals surface area contributed by atoms with Gasteiger partial charge in [0.05, 0.1) is 6.10 Å². The van der Waals surface area contributed by atoms with Crippen LogP contribution in [0, 0.1) is 6.92 Å². The van der Waals surface area contributed by atoms with Crippen LogP contribution in [0.4, 0.5) is 0 Å². The van der Waals surface area contributed by atoms with Crippen LogP contribution < -0.4 is 9.47 Å². The number of likely N-dealkylation sites (tertiary alicyclic amines) is 1. The first-order chi connectivity index (χ1) is 13.2. The van der Waals surface area contributed by atoms with Crippen molar-refractivity contribution in [3.63, 3.8) is 0 Å². The maximum Gasteiger partial charge on any atom is 0.164 e. The van der Waals surface area contributed by atoms with Gasteiger partial charge >= 0.3 is 0 Å². The first-order valence-electron chi connectivity index (χ1n) is 10.1. The third kappa shape index (κ3) is 3.01. The van der Waals surface area contributed by atoms with Gasteiger partial charge in [0, 0.05) is 11.6 Å². The molecule has 0 saturated carbocycles. The molecular weight excluding hydrogens is 338 g/mol. The number of piperidine rings is 1. The lowest BCUT2D eigenvalue weighted by atomic mass is 9.87. The number of para-hydroxylation sites is 1. The number of rotatable bonds is 2. The van der Waals surface area contributed by atoms with Gasteiger partial charge in [-0.3, -0.25) is 4.90 Å². The normalized spacial score (nSPS) is 25.4. The van der Waals surface area contributed by atoms with Crippen LogP contribution in [0.2, 0.25) is 0 Å². The number of fused-ring (bicyclic) bond motifs is 2. The van der Waals surface area contributed by atoms with E-state index in [1.807, 2.05) is 6.07 Å². The molecule has 1 saturated heterocycles. The molecule has 0 unspecified atom stereocenters. The number of hydrogen-bond donors (Lipinski definition) is 1. The van der Waals surface area contributed by atoms with Crippen molar-refractivity contribution < 1.29 is 14.6 Å². The van der Waals surface area contributed by atoms with Gasteiger partial charge in [-0.1, -0.05) is 35.9 Å². The summed E-state index contributed by atoms with van der Waals surface area (Å²) < 4.78 is 11.7. The number of benzene rings is 2. The summed E-state index contributed by atoms with van der Waals surface area (Å²) in [6.45, 7) is 5.43. The fourth-order valence-electron chi connectivity index (χ4n) is 5.03. The molecule has 0 spiro atoms. The van der Waals surface area contributed by atoms with Crippen LogP contribution in [0.5, 0.6) is 11.5 Å². The summed E-state index contributed by atoms with van der Waals surface area (Å²) in [4.78, 5) is 2.49. The van der Waals surface area contributed by atoms with Crippen LogP contribution >= 0.6 is 0 Å². The zero-order chi connectivity index (χ0) is 18.4. The number of aliphatic hydroxyl groups is 1. The highest BCUT2D eigenvalue weighted by molar-refractivity contribution is 5.49. The fourth-order valence-corrected chi connectivity index (χ4v) is 5.03. The third-order valence-corrected chi connectivity index (χ3v) is 6.45. The summed E-state index contributed by atoms with van der Waals surface area (Å²) in [7, 11) is 0. The van der Waals surface area contributed by atoms with Crippen LogP contribution in [0.1, 0.15) is 47.1 Å². The summed E-state index contributed by atoms with van der Waals surface area (Å²) >= 11 is 0. The summed E-state index contributed by atoms with van der Waals surface area (Å²) in [6.07, 6.45) is 2.79. The van der Waals surface area contributed by atoms with Crippen LogP contribution in [0.3, 0.4) is 0 Å². The molecule has 142 valence electrons. The Labute approximate surface area is 160 Å². The van der Waals surface area contributed by atoms with Crippen molar-refractivity contribution in [2.24, 2.45) is 0 Å². The van der Waals surface area contributed by atoms with Crippen molar-refractivity contribution >= 4 is 0 Å². The minimum atomic E-state index is -0.363. The van der Waals surface area contributed by atoms with Crippen LogP contribution in [-0.2, 0) is 6.42 Å². The van der Waals surface area contributed by atoms with Gasteiger partial charge in [0.2, 0.25) is 0 Å². The summed E-state index contributed by atoms with van der Waals surface area (Å²) in [5.74, 6) is 2.34. The monoisotopic (exact) mass is 365 g/mol. The standard InChI is InChI=1S/C23H27NO3/c1-15-5-6-18-17(13-15)14-20(22(18)25)24-9-7-16(8-10-24)19-3-2-4-21-23(19)27-12-11-26-21/h2-6,13,16,20,22,25H,7-12,14H2,1H3/t20-,22-/m1/s1. The zero-order valence-corrected chi connectivity index (χ0v) is 15.9. The third-order valence-electron chi connectivity index (χ3n) is 6.45. The first kappa shape index (κ1) is 17.1. The molecule has 27 heavy (non-hydrogen) atoms. The molecule has 4 nitrogen and oxygen atoms in total. The average Bonchev–Trinajstić information content (AvgIpc) is 3.03. The molecule has 1 fully saturated rings. The van der Waals surface area contributed by atoms with Gasteiger partial charge in [-0.25, -0.2) is 0 Å². The second kappa shape index (κ2) is 6.84. The molecule has 2 heterocycles. The van der Waals surface area contributed by atoms with Gasteiger partial charge in [-0.15, -0.1) is 0 Å². The molecule has 0 amide bonds. The Kier molecular flexibility index (Phi) is 4.33. The van der Waals surface area contributed by atoms with E-state index in [1.165, 1.54) is 16.7 Å². The highest BCUT2D eigenvalue weighted by Crippen LogP contribution is 2.43. The van der Waals surface area contributed by atoms with E-state index >= 15 is 0 Å². The highest BCUT2D eigenvalue weighted by atomic mass is 16.6. The van der Waals surface area contributed by atoms with Gasteiger partial charge in [0.25, 0.3) is 0 Å². The Hall–Kier alpha value is -2.04. The molecule has 3 aliphatic rings. The molecule has 4 heteroatoms. The maximum absolute atomic E-state index is 10.8. The molecular formula is C23H27NO3. The van der Waals surface area contributed by atoms with Crippen LogP contribution in [0.15, 0.2) is 36.4 Å². The van der Waals surface area contributed by atoms with Crippen molar-refractivity contribution in [3.05, 3.63) is 58.7 Å². The lowest BCUT2D eigenvalue weighted by Gasteiger charge is -2.38. The van der Waals surface area contributed by atoms with Gasteiger partial charge in [-0.05, 0) is 62.4 Å². The van der Waals surface area contributed by atoms with E-state index in [1.54, 1.807) is 0 Å². The first-order valence-corrected chi connectivity index (χ1v) is 10.1. The molecule has 2 aromatic carbocycles. The number of hydrogen-bond acceptors (Lipinski definition) is 4. The number of nitrogens with zero attached hydrogens (tertiary/aromatic N) is 1. The van der Waals surface area contributed by atoms with E-state index in [2.05, 4.69) is 42.2 Å². The topological polar surface area (TPSA) is 41.9 Å². The summed E-state index contributed by atoms with van der Waals surface area (Å²) in [6, 6.07) is 12.9. The van der Waals surface area contributed by atoms with E-state index in [9.17, 15) is 5.11 Å². The highest BCUT2D eigenvalue weighted by Gasteiger charge is 2.37. The second-order valence-electron chi connectivity index (χ2n) is 8.10. The molecule has 5 rings (SSSR count). The largest absolute Gasteiger partial charge is 0.486 e. The van der Waals surface area contributed by atoms with Crippen molar-refractivity contribution in [1.82, 2.24) is 4.90 Å². The predicted molar refractivity (Wildman–Crippen MR) is 105 cm³/mol. The average molecular weight is 365 g/mol. The van der Waals surface area contributed by atoms with Crippen molar-refractivity contribution in [1.29, 1.82) is 0 Å². The van der Waals surface area contributed by atoms with Crippen molar-refractivity contribution in [2.75, 3.05) is 26.3 Å². The Morgan fingerprint density at radius 2 is 1.81 bits per heavy atom. The maximum atomic E-state index is 10.8. The van der Waals surface area contributed by atoms with E-state index < -0.39 is 0 Å².